The van der Waals surface area contributed by atoms with Gasteiger partial charge in [0.05, 0.1) is 6.10 Å². The maximum Gasteiger partial charge on any atom is 0.263 e. The molecule has 9 heteroatoms. The fourth-order valence-corrected chi connectivity index (χ4v) is 0.799. The molecule has 0 aliphatic rings. The van der Waals surface area contributed by atoms with Gasteiger partial charge in [0.2, 0.25) is 0 Å². The quantitative estimate of drug-likeness (QED) is 0.216. The van der Waals surface area contributed by atoms with Gasteiger partial charge in [0.1, 0.15) is 18.2 Å². The van der Waals surface area contributed by atoms with Crippen LogP contribution in [0.5, 0.6) is 0 Å². The number of hydroxylamine groups is 2. The zero-order valence-corrected chi connectivity index (χ0v) is 9.58. The molecule has 4 atom stereocenters. The second kappa shape index (κ2) is 7.14. The van der Waals surface area contributed by atoms with Crippen LogP contribution in [0.25, 0.3) is 0 Å². The number of carbonyl (C=O) groups excluding carboxylic acids is 2. The van der Waals surface area contributed by atoms with Crippen LogP contribution in [-0.4, -0.2) is 46.4 Å². The van der Waals surface area contributed by atoms with Gasteiger partial charge in [0.15, 0.2) is 0 Å². The normalized spacial score (nSPS) is 17.8. The Morgan fingerprint density at radius 1 is 1.18 bits per heavy atom. The van der Waals surface area contributed by atoms with Gasteiger partial charge in [0, 0.05) is 0 Å². The Hall–Kier alpha value is -1.26. The van der Waals surface area contributed by atoms with Crippen molar-refractivity contribution in [3.63, 3.8) is 0 Å². The summed E-state index contributed by atoms with van der Waals surface area (Å²) in [6, 6.07) is -2.31. The van der Waals surface area contributed by atoms with Gasteiger partial charge in [0.25, 0.3) is 11.8 Å². The fourth-order valence-electron chi connectivity index (χ4n) is 0.799. The number of nitrogens with one attached hydrogen (secondary N) is 2. The van der Waals surface area contributed by atoms with Crippen LogP contribution in [0.15, 0.2) is 0 Å². The highest BCUT2D eigenvalue weighted by Gasteiger charge is 2.24. The van der Waals surface area contributed by atoms with E-state index in [0.717, 1.165) is 0 Å². The molecule has 17 heavy (non-hydrogen) atoms. The minimum atomic E-state index is -1.16. The lowest BCUT2D eigenvalue weighted by atomic mass is 10.2. The standard InChI is InChI=1S/C8H18N4O5/c1-3(13)5(9)8(15)12-17-4(2)6(10)7(14)11-16/h3-6,13,16H,9-10H2,1-2H3,(H,11,14)(H,12,15). The number of rotatable bonds is 6. The summed E-state index contributed by atoms with van der Waals surface area (Å²) >= 11 is 0. The van der Waals surface area contributed by atoms with Crippen molar-refractivity contribution in [1.29, 1.82) is 0 Å². The molecule has 0 saturated heterocycles. The molecule has 0 aliphatic heterocycles. The number of hydrogen-bond donors (Lipinski definition) is 6. The predicted molar refractivity (Wildman–Crippen MR) is 56.3 cm³/mol. The zero-order chi connectivity index (χ0) is 13.6. The lowest BCUT2D eigenvalue weighted by molar-refractivity contribution is -0.147. The smallest absolute Gasteiger partial charge is 0.263 e. The first-order valence-corrected chi connectivity index (χ1v) is 4.90. The first-order valence-electron chi connectivity index (χ1n) is 4.90. The molecule has 0 rings (SSSR count). The van der Waals surface area contributed by atoms with E-state index in [1.54, 1.807) is 0 Å². The van der Waals surface area contributed by atoms with Crippen LogP contribution in [-0.2, 0) is 14.4 Å². The van der Waals surface area contributed by atoms with Crippen LogP contribution in [0.1, 0.15) is 13.8 Å². The molecule has 4 unspecified atom stereocenters. The molecule has 0 aromatic carbocycles. The predicted octanol–water partition coefficient (Wildman–Crippen LogP) is -3.04. The average Bonchev–Trinajstić information content (AvgIpc) is 2.32. The zero-order valence-electron chi connectivity index (χ0n) is 9.58. The molecule has 0 saturated carbocycles. The van der Waals surface area contributed by atoms with Crippen molar-refractivity contribution in [2.45, 2.75) is 38.1 Å². The van der Waals surface area contributed by atoms with E-state index in [1.807, 2.05) is 5.48 Å². The summed E-state index contributed by atoms with van der Waals surface area (Å²) < 4.78 is 0. The summed E-state index contributed by atoms with van der Waals surface area (Å²) in [6.45, 7) is 2.76. The van der Waals surface area contributed by atoms with Gasteiger partial charge in [-0.2, -0.15) is 0 Å². The number of amides is 2. The van der Waals surface area contributed by atoms with E-state index < -0.39 is 36.1 Å². The minimum absolute atomic E-state index is 0.747. The molecule has 0 radical (unpaired) electrons. The molecule has 0 aromatic rings. The summed E-state index contributed by atoms with van der Waals surface area (Å²) in [4.78, 5) is 26.9. The van der Waals surface area contributed by atoms with Crippen LogP contribution in [0.2, 0.25) is 0 Å². The topological polar surface area (TPSA) is 160 Å². The summed E-state index contributed by atoms with van der Waals surface area (Å²) in [5.41, 5.74) is 14.0. The van der Waals surface area contributed by atoms with Gasteiger partial charge in [-0.05, 0) is 13.8 Å². The van der Waals surface area contributed by atoms with Crippen LogP contribution >= 0.6 is 0 Å². The van der Waals surface area contributed by atoms with E-state index in [-0.39, 0.29) is 0 Å². The lowest BCUT2D eigenvalue weighted by Gasteiger charge is -2.20. The minimum Gasteiger partial charge on any atom is -0.391 e. The molecule has 0 heterocycles. The van der Waals surface area contributed by atoms with E-state index in [2.05, 4.69) is 0 Å². The lowest BCUT2D eigenvalue weighted by Crippen LogP contribution is -2.52. The van der Waals surface area contributed by atoms with Crippen LogP contribution in [0.4, 0.5) is 0 Å². The molecular formula is C8H18N4O5. The summed E-state index contributed by atoms with van der Waals surface area (Å²) in [6.07, 6.45) is -1.92. The average molecular weight is 250 g/mol. The van der Waals surface area contributed by atoms with Gasteiger partial charge in [-0.25, -0.2) is 11.0 Å². The summed E-state index contributed by atoms with van der Waals surface area (Å²) in [5.74, 6) is -1.60. The van der Waals surface area contributed by atoms with Crippen LogP contribution in [0.3, 0.4) is 0 Å². The van der Waals surface area contributed by atoms with Crippen molar-refractivity contribution in [3.8, 4) is 0 Å². The van der Waals surface area contributed by atoms with E-state index in [1.165, 1.54) is 19.3 Å². The van der Waals surface area contributed by atoms with Crippen LogP contribution in [0, 0.1) is 0 Å². The van der Waals surface area contributed by atoms with Gasteiger partial charge >= 0.3 is 0 Å². The Morgan fingerprint density at radius 3 is 2.12 bits per heavy atom. The van der Waals surface area contributed by atoms with Gasteiger partial charge in [-0.3, -0.25) is 19.6 Å². The molecule has 0 fully saturated rings. The molecule has 0 bridgehead atoms. The van der Waals surface area contributed by atoms with Gasteiger partial charge < -0.3 is 16.6 Å². The SMILES string of the molecule is CC(O)C(N)C(=O)NOC(C)C(N)C(=O)NO. The molecule has 100 valence electrons. The molecule has 8 N–H and O–H groups in total. The number of carbonyl (C=O) groups is 2. The molecule has 0 spiro atoms. The van der Waals surface area contributed by atoms with Crippen molar-refractivity contribution in [2.24, 2.45) is 11.5 Å². The maximum atomic E-state index is 11.2. The van der Waals surface area contributed by atoms with Crippen molar-refractivity contribution in [2.75, 3.05) is 0 Å². The van der Waals surface area contributed by atoms with Crippen LogP contribution < -0.4 is 22.4 Å². The Bertz CT molecular complexity index is 273. The monoisotopic (exact) mass is 250 g/mol. The summed E-state index contributed by atoms with van der Waals surface area (Å²) in [7, 11) is 0. The molecule has 9 nitrogen and oxygen atoms in total. The number of aliphatic hydroxyl groups is 1. The van der Waals surface area contributed by atoms with Gasteiger partial charge in [-0.1, -0.05) is 0 Å². The van der Waals surface area contributed by atoms with Crippen molar-refractivity contribution < 1.29 is 24.7 Å². The maximum absolute atomic E-state index is 11.2. The second-order valence-corrected chi connectivity index (χ2v) is 3.56. The van der Waals surface area contributed by atoms with E-state index in [9.17, 15) is 9.59 Å². The third kappa shape index (κ3) is 5.06. The van der Waals surface area contributed by atoms with E-state index >= 15 is 0 Å². The Labute approximate surface area is 98.0 Å². The highest BCUT2D eigenvalue weighted by Crippen LogP contribution is 1.95. The third-order valence-electron chi connectivity index (χ3n) is 2.09. The third-order valence-corrected chi connectivity index (χ3v) is 2.09. The van der Waals surface area contributed by atoms with Gasteiger partial charge in [-0.15, -0.1) is 0 Å². The second-order valence-electron chi connectivity index (χ2n) is 3.56. The molecule has 0 aliphatic carbocycles. The number of hydrogen-bond acceptors (Lipinski definition) is 7. The Balaban J connectivity index is 4.12. The van der Waals surface area contributed by atoms with Crippen molar-refractivity contribution in [1.82, 2.24) is 11.0 Å². The Kier molecular flexibility index (Phi) is 6.61. The number of aliphatic hydroxyl groups excluding tert-OH is 1. The Morgan fingerprint density at radius 2 is 1.71 bits per heavy atom. The van der Waals surface area contributed by atoms with Crippen molar-refractivity contribution in [3.05, 3.63) is 0 Å². The first-order chi connectivity index (χ1) is 7.81. The first kappa shape index (κ1) is 15.7. The largest absolute Gasteiger partial charge is 0.391 e. The van der Waals surface area contributed by atoms with Crippen molar-refractivity contribution >= 4 is 11.8 Å². The highest BCUT2D eigenvalue weighted by molar-refractivity contribution is 5.82. The van der Waals surface area contributed by atoms with E-state index in [4.69, 9.17) is 26.6 Å². The van der Waals surface area contributed by atoms with E-state index in [0.29, 0.717) is 0 Å². The highest BCUT2D eigenvalue weighted by atomic mass is 16.7. The molecule has 2 amide bonds. The molecular weight excluding hydrogens is 232 g/mol. The fraction of sp³-hybridized carbons (Fsp3) is 0.750. The summed E-state index contributed by atoms with van der Waals surface area (Å²) in [5, 5.41) is 17.3. The number of nitrogens with two attached hydrogens (primary N) is 2. The molecule has 0 aromatic heterocycles.